The Hall–Kier alpha value is -1.66. The average molecular weight is 1200 g/mol. The van der Waals surface area contributed by atoms with Crippen molar-refractivity contribution in [1.29, 1.82) is 0 Å². The molecule has 2 atom stereocenters. The Balaban J connectivity index is 3.33. The van der Waals surface area contributed by atoms with Gasteiger partial charge in [0.15, 0.2) is 0 Å². The molecule has 0 aromatic carbocycles. The molecule has 504 valence electrons. The molecule has 2 unspecified atom stereocenters. The molecule has 0 rings (SSSR count). The molecule has 0 heterocycles. The van der Waals surface area contributed by atoms with Crippen molar-refractivity contribution in [1.82, 2.24) is 5.32 Å². The van der Waals surface area contributed by atoms with Crippen LogP contribution in [0.1, 0.15) is 444 Å². The van der Waals surface area contributed by atoms with E-state index in [1.807, 2.05) is 0 Å². The minimum Gasteiger partial charge on any atom is -0.466 e. The zero-order chi connectivity index (χ0) is 61.3. The van der Waals surface area contributed by atoms with Crippen LogP contribution in [0.5, 0.6) is 0 Å². The van der Waals surface area contributed by atoms with Crippen LogP contribution >= 0.6 is 0 Å². The van der Waals surface area contributed by atoms with E-state index in [1.54, 1.807) is 0 Å². The molecule has 1 amide bonds. The summed E-state index contributed by atoms with van der Waals surface area (Å²) in [5.41, 5.74) is 0. The molecule has 6 heteroatoms. The molecule has 0 aromatic rings. The van der Waals surface area contributed by atoms with Crippen LogP contribution in [0.25, 0.3) is 0 Å². The number of carbonyl (C=O) groups is 2. The van der Waals surface area contributed by atoms with Crippen molar-refractivity contribution >= 4 is 11.9 Å². The number of rotatable bonds is 74. The molecule has 0 radical (unpaired) electrons. The van der Waals surface area contributed by atoms with Gasteiger partial charge in [0.1, 0.15) is 0 Å². The molecule has 0 saturated carbocycles. The van der Waals surface area contributed by atoms with Crippen molar-refractivity contribution < 1.29 is 24.5 Å². The van der Waals surface area contributed by atoms with E-state index in [1.165, 1.54) is 372 Å². The zero-order valence-corrected chi connectivity index (χ0v) is 57.9. The van der Waals surface area contributed by atoms with E-state index in [0.717, 1.165) is 38.5 Å². The van der Waals surface area contributed by atoms with Crippen LogP contribution < -0.4 is 5.32 Å². The van der Waals surface area contributed by atoms with Crippen molar-refractivity contribution in [3.63, 3.8) is 0 Å². The number of esters is 1. The van der Waals surface area contributed by atoms with Gasteiger partial charge >= 0.3 is 5.97 Å². The summed E-state index contributed by atoms with van der Waals surface area (Å²) in [4.78, 5) is 24.7. The van der Waals surface area contributed by atoms with Gasteiger partial charge in [-0.05, 0) is 77.0 Å². The summed E-state index contributed by atoms with van der Waals surface area (Å²) >= 11 is 0. The maximum absolute atomic E-state index is 12.5. The maximum atomic E-state index is 12.5. The van der Waals surface area contributed by atoms with Gasteiger partial charge in [0.25, 0.3) is 0 Å². The summed E-state index contributed by atoms with van der Waals surface area (Å²) in [6.07, 6.45) is 95.5. The summed E-state index contributed by atoms with van der Waals surface area (Å²) < 4.78 is 5.52. The average Bonchev–Trinajstić information content (AvgIpc) is 3.51. The Morgan fingerprint density at radius 2 is 0.553 bits per heavy atom. The largest absolute Gasteiger partial charge is 0.466 e. The lowest BCUT2D eigenvalue weighted by Gasteiger charge is -2.22. The van der Waals surface area contributed by atoms with Gasteiger partial charge in [-0.25, -0.2) is 0 Å². The first-order chi connectivity index (χ1) is 42.0. The van der Waals surface area contributed by atoms with Crippen molar-refractivity contribution in [2.45, 2.75) is 456 Å². The van der Waals surface area contributed by atoms with Crippen molar-refractivity contribution in [3.8, 4) is 0 Å². The highest BCUT2D eigenvalue weighted by Gasteiger charge is 2.20. The Labute approximate surface area is 532 Å². The number of aliphatic hydroxyl groups is 2. The number of unbranched alkanes of at least 4 members (excludes halogenated alkanes) is 59. The number of ether oxygens (including phenoxy) is 1. The minimum absolute atomic E-state index is 0.0193. The fourth-order valence-corrected chi connectivity index (χ4v) is 12.5. The van der Waals surface area contributed by atoms with E-state index in [-0.39, 0.29) is 18.5 Å². The summed E-state index contributed by atoms with van der Waals surface area (Å²) in [6, 6.07) is -0.539. The summed E-state index contributed by atoms with van der Waals surface area (Å²) in [6.45, 7) is 5.00. The van der Waals surface area contributed by atoms with Gasteiger partial charge in [-0.2, -0.15) is 0 Å². The number of carbonyl (C=O) groups excluding carboxylic acids is 2. The standard InChI is InChI=1S/C79H153NO5/c1-3-5-7-9-11-13-15-17-19-21-37-41-45-49-53-57-61-65-69-73-79(84)85-74-70-66-62-58-54-50-46-42-39-36-34-32-30-28-26-24-22-23-25-27-29-31-33-35-38-40-44-48-52-56-60-64-68-72-78(83)80-76(75-81)77(82)71-67-63-59-55-51-47-43-20-18-16-14-12-10-8-6-4-2/h17,19,26,28,76-77,81-82H,3-16,18,20-25,27,29-75H2,1-2H3,(H,80,83)/b19-17-,28-26-. The lowest BCUT2D eigenvalue weighted by Crippen LogP contribution is -2.45. The molecule has 0 fully saturated rings. The van der Waals surface area contributed by atoms with Crippen molar-refractivity contribution in [2.24, 2.45) is 0 Å². The predicted octanol–water partition coefficient (Wildman–Crippen LogP) is 25.7. The third-order valence-electron chi connectivity index (χ3n) is 18.5. The number of aliphatic hydroxyl groups excluding tert-OH is 2. The van der Waals surface area contributed by atoms with Crippen LogP contribution in [0.2, 0.25) is 0 Å². The topological polar surface area (TPSA) is 95.9 Å². The van der Waals surface area contributed by atoms with E-state index < -0.39 is 12.1 Å². The van der Waals surface area contributed by atoms with Gasteiger partial charge in [0.05, 0.1) is 25.4 Å². The van der Waals surface area contributed by atoms with Gasteiger partial charge < -0.3 is 20.3 Å². The molecule has 0 aliphatic rings. The summed E-state index contributed by atoms with van der Waals surface area (Å²) in [7, 11) is 0. The van der Waals surface area contributed by atoms with E-state index in [2.05, 4.69) is 43.5 Å². The molecular formula is C79H153NO5. The third-order valence-corrected chi connectivity index (χ3v) is 18.5. The monoisotopic (exact) mass is 1200 g/mol. The Morgan fingerprint density at radius 3 is 0.835 bits per heavy atom. The molecule has 0 saturated heterocycles. The third kappa shape index (κ3) is 71.3. The van der Waals surface area contributed by atoms with Crippen LogP contribution in [-0.2, 0) is 14.3 Å². The zero-order valence-electron chi connectivity index (χ0n) is 57.9. The second-order valence-corrected chi connectivity index (χ2v) is 27.0. The molecule has 0 bridgehead atoms. The van der Waals surface area contributed by atoms with Gasteiger partial charge in [-0.1, -0.05) is 378 Å². The van der Waals surface area contributed by atoms with E-state index in [0.29, 0.717) is 25.9 Å². The number of amides is 1. The lowest BCUT2D eigenvalue weighted by molar-refractivity contribution is -0.143. The van der Waals surface area contributed by atoms with E-state index >= 15 is 0 Å². The molecule has 0 spiro atoms. The fraction of sp³-hybridized carbons (Fsp3) is 0.924. The maximum Gasteiger partial charge on any atom is 0.305 e. The van der Waals surface area contributed by atoms with Crippen LogP contribution in [0, 0.1) is 0 Å². The van der Waals surface area contributed by atoms with Crippen LogP contribution in [0.15, 0.2) is 24.3 Å². The highest BCUT2D eigenvalue weighted by molar-refractivity contribution is 5.76. The van der Waals surface area contributed by atoms with Gasteiger partial charge in [-0.15, -0.1) is 0 Å². The van der Waals surface area contributed by atoms with Crippen LogP contribution in [0.4, 0.5) is 0 Å². The van der Waals surface area contributed by atoms with E-state index in [9.17, 15) is 19.8 Å². The smallest absolute Gasteiger partial charge is 0.305 e. The SMILES string of the molecule is CCCCCCCC/C=C\CCCCCCCCCCCC(=O)OCCCCCCCCCCCCCC/C=C\CCCCCCCCCCCCCCCCCCCC(=O)NC(CO)C(O)CCCCCCCCCCCCCCCCCC. The van der Waals surface area contributed by atoms with Crippen LogP contribution in [0.3, 0.4) is 0 Å². The predicted molar refractivity (Wildman–Crippen MR) is 375 cm³/mol. The van der Waals surface area contributed by atoms with Gasteiger partial charge in [0.2, 0.25) is 5.91 Å². The first-order valence-corrected chi connectivity index (χ1v) is 39.1. The Morgan fingerprint density at radius 1 is 0.318 bits per heavy atom. The summed E-state index contributed by atoms with van der Waals surface area (Å²) in [5.74, 6) is -0.00877. The normalized spacial score (nSPS) is 12.6. The highest BCUT2D eigenvalue weighted by Crippen LogP contribution is 2.20. The molecule has 6 nitrogen and oxygen atoms in total. The second kappa shape index (κ2) is 74.8. The van der Waals surface area contributed by atoms with Gasteiger partial charge in [0, 0.05) is 12.8 Å². The molecule has 3 N–H and O–H groups in total. The number of allylic oxidation sites excluding steroid dienone is 4. The lowest BCUT2D eigenvalue weighted by atomic mass is 10.0. The first-order valence-electron chi connectivity index (χ1n) is 39.1. The van der Waals surface area contributed by atoms with E-state index in [4.69, 9.17) is 4.74 Å². The molecular weight excluding hydrogens is 1040 g/mol. The Bertz CT molecular complexity index is 1330. The van der Waals surface area contributed by atoms with Crippen molar-refractivity contribution in [2.75, 3.05) is 13.2 Å². The molecule has 0 aliphatic carbocycles. The summed E-state index contributed by atoms with van der Waals surface area (Å²) in [5, 5.41) is 23.4. The quantitative estimate of drug-likeness (QED) is 0.0320. The second-order valence-electron chi connectivity index (χ2n) is 27.0. The molecule has 85 heavy (non-hydrogen) atoms. The van der Waals surface area contributed by atoms with Gasteiger partial charge in [-0.3, -0.25) is 9.59 Å². The fourth-order valence-electron chi connectivity index (χ4n) is 12.5. The highest BCUT2D eigenvalue weighted by atomic mass is 16.5. The number of nitrogens with one attached hydrogen (secondary N) is 1. The molecule has 0 aromatic heterocycles. The Kier molecular flexibility index (Phi) is 73.3. The van der Waals surface area contributed by atoms with Crippen LogP contribution in [-0.4, -0.2) is 47.4 Å². The number of hydrogen-bond donors (Lipinski definition) is 3. The first kappa shape index (κ1) is 83.3. The van der Waals surface area contributed by atoms with Crippen molar-refractivity contribution in [3.05, 3.63) is 24.3 Å². The molecule has 0 aliphatic heterocycles. The number of hydrogen-bond acceptors (Lipinski definition) is 5. The minimum atomic E-state index is -0.662.